The summed E-state index contributed by atoms with van der Waals surface area (Å²) in [5.41, 5.74) is 0. The van der Waals surface area contributed by atoms with Crippen molar-refractivity contribution >= 4 is 5.91 Å². The summed E-state index contributed by atoms with van der Waals surface area (Å²) in [6.07, 6.45) is 7.93. The monoisotopic (exact) mass is 319 g/mol. The van der Waals surface area contributed by atoms with Crippen LogP contribution in [-0.2, 0) is 11.3 Å². The zero-order valence-corrected chi connectivity index (χ0v) is 14.4. The Morgan fingerprint density at radius 1 is 1.30 bits per heavy atom. The van der Waals surface area contributed by atoms with E-state index in [9.17, 15) is 4.79 Å². The maximum absolute atomic E-state index is 12.7. The lowest BCUT2D eigenvalue weighted by molar-refractivity contribution is -0.128. The topological polar surface area (TPSA) is 63.1 Å². The third-order valence-electron chi connectivity index (χ3n) is 4.92. The molecule has 1 amide bonds. The average Bonchev–Trinajstić information content (AvgIpc) is 3.27. The van der Waals surface area contributed by atoms with Gasteiger partial charge in [-0.05, 0) is 44.7 Å². The van der Waals surface area contributed by atoms with E-state index in [2.05, 4.69) is 38.8 Å². The van der Waals surface area contributed by atoms with Gasteiger partial charge in [0.25, 0.3) is 0 Å². The molecule has 1 saturated carbocycles. The first-order valence-corrected chi connectivity index (χ1v) is 9.06. The van der Waals surface area contributed by atoms with Gasteiger partial charge in [0.15, 0.2) is 0 Å². The minimum Gasteiger partial charge on any atom is -0.353 e. The quantitative estimate of drug-likeness (QED) is 0.832. The lowest BCUT2D eigenvalue weighted by atomic mass is 9.98. The Morgan fingerprint density at radius 3 is 2.70 bits per heavy atom. The van der Waals surface area contributed by atoms with Gasteiger partial charge in [-0.15, -0.1) is 10.2 Å². The first-order valence-electron chi connectivity index (χ1n) is 9.06. The molecule has 0 aromatic carbocycles. The molecule has 0 bridgehead atoms. The Bertz CT molecular complexity index is 517. The number of nitrogens with one attached hydrogen (secondary N) is 1. The highest BCUT2D eigenvalue weighted by Crippen LogP contribution is 2.38. The number of aromatic nitrogens is 3. The molecule has 2 fully saturated rings. The molecule has 1 aromatic heterocycles. The molecule has 1 aliphatic carbocycles. The Morgan fingerprint density at radius 2 is 2.04 bits per heavy atom. The van der Waals surface area contributed by atoms with Gasteiger partial charge >= 0.3 is 0 Å². The summed E-state index contributed by atoms with van der Waals surface area (Å²) in [6, 6.07) is -0.000820. The predicted molar refractivity (Wildman–Crippen MR) is 89.1 cm³/mol. The van der Waals surface area contributed by atoms with Crippen LogP contribution in [0.25, 0.3) is 0 Å². The standard InChI is InChI=1S/C17H29N5O/c1-13(2)15(21-9-4-3-5-10-21)17(23)18-8-11-22-12-19-20-16(22)14-6-7-14/h12-15H,3-11H2,1-2H3,(H,18,23). The molecule has 0 spiro atoms. The van der Waals surface area contributed by atoms with Crippen LogP contribution in [0.5, 0.6) is 0 Å². The van der Waals surface area contributed by atoms with Gasteiger partial charge in [-0.2, -0.15) is 0 Å². The maximum atomic E-state index is 12.7. The van der Waals surface area contributed by atoms with Crippen molar-refractivity contribution in [2.45, 2.75) is 64.5 Å². The maximum Gasteiger partial charge on any atom is 0.237 e. The average molecular weight is 319 g/mol. The van der Waals surface area contributed by atoms with Crippen molar-refractivity contribution in [1.82, 2.24) is 25.0 Å². The number of likely N-dealkylation sites (tertiary alicyclic amines) is 1. The lowest BCUT2D eigenvalue weighted by Crippen LogP contribution is -2.52. The van der Waals surface area contributed by atoms with Crippen molar-refractivity contribution in [3.8, 4) is 0 Å². The SMILES string of the molecule is CC(C)C(C(=O)NCCn1cnnc1C1CC1)N1CCCCC1. The third kappa shape index (κ3) is 4.10. The number of hydrogen-bond donors (Lipinski definition) is 1. The van der Waals surface area contributed by atoms with Gasteiger partial charge < -0.3 is 9.88 Å². The van der Waals surface area contributed by atoms with E-state index < -0.39 is 0 Å². The zero-order valence-electron chi connectivity index (χ0n) is 14.4. The molecule has 1 N–H and O–H groups in total. The third-order valence-corrected chi connectivity index (χ3v) is 4.92. The van der Waals surface area contributed by atoms with Gasteiger partial charge in [-0.1, -0.05) is 20.3 Å². The smallest absolute Gasteiger partial charge is 0.237 e. The van der Waals surface area contributed by atoms with Crippen molar-refractivity contribution in [2.75, 3.05) is 19.6 Å². The Labute approximate surface area is 138 Å². The van der Waals surface area contributed by atoms with Crippen LogP contribution in [0.15, 0.2) is 6.33 Å². The summed E-state index contributed by atoms with van der Waals surface area (Å²) in [7, 11) is 0. The van der Waals surface area contributed by atoms with Crippen LogP contribution in [-0.4, -0.2) is 51.2 Å². The van der Waals surface area contributed by atoms with Gasteiger partial charge in [-0.3, -0.25) is 9.69 Å². The van der Waals surface area contributed by atoms with E-state index in [-0.39, 0.29) is 11.9 Å². The molecular weight excluding hydrogens is 290 g/mol. The van der Waals surface area contributed by atoms with Crippen LogP contribution in [0, 0.1) is 5.92 Å². The predicted octanol–water partition coefficient (Wildman–Crippen LogP) is 1.78. The minimum atomic E-state index is -0.000820. The molecule has 6 heteroatoms. The molecule has 1 atom stereocenters. The fourth-order valence-electron chi connectivity index (χ4n) is 3.58. The number of carbonyl (C=O) groups is 1. The molecule has 2 aliphatic rings. The lowest BCUT2D eigenvalue weighted by Gasteiger charge is -2.35. The number of rotatable bonds is 7. The fraction of sp³-hybridized carbons (Fsp3) is 0.824. The van der Waals surface area contributed by atoms with Crippen LogP contribution in [0.4, 0.5) is 0 Å². The molecule has 0 radical (unpaired) electrons. The van der Waals surface area contributed by atoms with E-state index in [1.54, 1.807) is 6.33 Å². The number of hydrogen-bond acceptors (Lipinski definition) is 4. The van der Waals surface area contributed by atoms with Gasteiger partial charge in [0.1, 0.15) is 12.2 Å². The molecule has 2 heterocycles. The van der Waals surface area contributed by atoms with Crippen molar-refractivity contribution in [1.29, 1.82) is 0 Å². The highest BCUT2D eigenvalue weighted by molar-refractivity contribution is 5.82. The second-order valence-electron chi connectivity index (χ2n) is 7.23. The summed E-state index contributed by atoms with van der Waals surface area (Å²) in [4.78, 5) is 15.0. The summed E-state index contributed by atoms with van der Waals surface area (Å²) in [5.74, 6) is 2.17. The van der Waals surface area contributed by atoms with Gasteiger partial charge in [0.2, 0.25) is 5.91 Å². The number of carbonyl (C=O) groups excluding carboxylic acids is 1. The van der Waals surface area contributed by atoms with Crippen molar-refractivity contribution in [3.05, 3.63) is 12.2 Å². The van der Waals surface area contributed by atoms with E-state index >= 15 is 0 Å². The van der Waals surface area contributed by atoms with Gasteiger partial charge in [0, 0.05) is 19.0 Å². The Hall–Kier alpha value is -1.43. The molecule has 1 unspecified atom stereocenters. The Kier molecular flexibility index (Phi) is 5.30. The summed E-state index contributed by atoms with van der Waals surface area (Å²) >= 11 is 0. The minimum absolute atomic E-state index is 0.000820. The molecule has 1 aromatic rings. The molecular formula is C17H29N5O. The molecule has 1 aliphatic heterocycles. The van der Waals surface area contributed by atoms with E-state index in [1.807, 2.05) is 0 Å². The van der Waals surface area contributed by atoms with Crippen LogP contribution < -0.4 is 5.32 Å². The molecule has 3 rings (SSSR count). The molecule has 1 saturated heterocycles. The van der Waals surface area contributed by atoms with Crippen molar-refractivity contribution in [2.24, 2.45) is 5.92 Å². The Balaban J connectivity index is 1.51. The largest absolute Gasteiger partial charge is 0.353 e. The zero-order chi connectivity index (χ0) is 16.2. The van der Waals surface area contributed by atoms with E-state index in [1.165, 1.54) is 32.1 Å². The van der Waals surface area contributed by atoms with E-state index in [0.29, 0.717) is 18.4 Å². The normalized spacial score (nSPS) is 20.7. The fourth-order valence-corrected chi connectivity index (χ4v) is 3.58. The number of nitrogens with zero attached hydrogens (tertiary/aromatic N) is 4. The van der Waals surface area contributed by atoms with Gasteiger partial charge in [0.05, 0.1) is 6.04 Å². The second kappa shape index (κ2) is 7.43. The highest BCUT2D eigenvalue weighted by Gasteiger charge is 2.30. The molecule has 6 nitrogen and oxygen atoms in total. The molecule has 23 heavy (non-hydrogen) atoms. The van der Waals surface area contributed by atoms with Crippen LogP contribution in [0.2, 0.25) is 0 Å². The van der Waals surface area contributed by atoms with Crippen LogP contribution >= 0.6 is 0 Å². The summed E-state index contributed by atoms with van der Waals surface area (Å²) in [5, 5.41) is 11.3. The first kappa shape index (κ1) is 16.4. The number of amides is 1. The highest BCUT2D eigenvalue weighted by atomic mass is 16.2. The second-order valence-corrected chi connectivity index (χ2v) is 7.23. The summed E-state index contributed by atoms with van der Waals surface area (Å²) < 4.78 is 2.09. The first-order chi connectivity index (χ1) is 11.2. The molecule has 128 valence electrons. The van der Waals surface area contributed by atoms with E-state index in [0.717, 1.165) is 25.5 Å². The summed E-state index contributed by atoms with van der Waals surface area (Å²) in [6.45, 7) is 7.79. The van der Waals surface area contributed by atoms with Crippen molar-refractivity contribution < 1.29 is 4.79 Å². The van der Waals surface area contributed by atoms with Crippen LogP contribution in [0.1, 0.15) is 57.7 Å². The van der Waals surface area contributed by atoms with E-state index in [4.69, 9.17) is 0 Å². The van der Waals surface area contributed by atoms with Crippen molar-refractivity contribution in [3.63, 3.8) is 0 Å². The van der Waals surface area contributed by atoms with Crippen LogP contribution in [0.3, 0.4) is 0 Å². The number of piperidine rings is 1. The van der Waals surface area contributed by atoms with Gasteiger partial charge in [-0.25, -0.2) is 0 Å².